The highest BCUT2D eigenvalue weighted by Gasteiger charge is 2.38. The van der Waals surface area contributed by atoms with Crippen molar-refractivity contribution in [3.8, 4) is 0 Å². The second-order valence-corrected chi connectivity index (χ2v) is 4.38. The summed E-state index contributed by atoms with van der Waals surface area (Å²) in [6.45, 7) is 4.04. The number of furan rings is 1. The van der Waals surface area contributed by atoms with E-state index in [0.29, 0.717) is 6.54 Å². The molecule has 0 spiro atoms. The van der Waals surface area contributed by atoms with Gasteiger partial charge in [-0.1, -0.05) is 0 Å². The first kappa shape index (κ1) is 13.7. The Morgan fingerprint density at radius 2 is 2.24 bits per heavy atom. The lowest BCUT2D eigenvalue weighted by Gasteiger charge is -2.33. The van der Waals surface area contributed by atoms with Gasteiger partial charge in [0.1, 0.15) is 17.1 Å². The minimum atomic E-state index is -1.06. The van der Waals surface area contributed by atoms with E-state index in [1.807, 2.05) is 19.1 Å². The first-order valence-corrected chi connectivity index (χ1v) is 5.39. The maximum absolute atomic E-state index is 11.3. The first-order chi connectivity index (χ1) is 7.90. The van der Waals surface area contributed by atoms with Crippen LogP contribution in [0.3, 0.4) is 0 Å². The molecular weight excluding hydrogens is 222 g/mol. The van der Waals surface area contributed by atoms with Crippen LogP contribution < -0.4 is 0 Å². The number of aryl methyl sites for hydroxylation is 1. The van der Waals surface area contributed by atoms with Gasteiger partial charge in [0.05, 0.1) is 13.2 Å². The van der Waals surface area contributed by atoms with Crippen LogP contribution in [0.5, 0.6) is 0 Å². The molecule has 17 heavy (non-hydrogen) atoms. The topological polar surface area (TPSA) is 62.9 Å². The maximum Gasteiger partial charge on any atom is 0.326 e. The number of rotatable bonds is 6. The van der Waals surface area contributed by atoms with Crippen molar-refractivity contribution in [3.63, 3.8) is 0 Å². The largest absolute Gasteiger partial charge is 0.480 e. The monoisotopic (exact) mass is 241 g/mol. The van der Waals surface area contributed by atoms with Crippen molar-refractivity contribution in [1.82, 2.24) is 4.90 Å². The van der Waals surface area contributed by atoms with Gasteiger partial charge in [-0.15, -0.1) is 0 Å². The van der Waals surface area contributed by atoms with E-state index < -0.39 is 11.5 Å². The fourth-order valence-corrected chi connectivity index (χ4v) is 1.59. The standard InChI is InChI=1S/C12H19NO4/c1-9-5-6-10(17-9)7-13(3)12(2,8-16-4)11(14)15/h5-6H,7-8H2,1-4H3,(H,14,15). The highest BCUT2D eigenvalue weighted by atomic mass is 16.5. The molecule has 0 aliphatic carbocycles. The Morgan fingerprint density at radius 3 is 2.65 bits per heavy atom. The number of carboxylic acid groups (broad SMARTS) is 1. The van der Waals surface area contributed by atoms with Crippen LogP contribution in [-0.2, 0) is 16.1 Å². The number of carboxylic acids is 1. The minimum absolute atomic E-state index is 0.124. The Hall–Kier alpha value is -1.33. The zero-order chi connectivity index (χ0) is 13.1. The van der Waals surface area contributed by atoms with Gasteiger partial charge in [0, 0.05) is 7.11 Å². The average Bonchev–Trinajstić information content (AvgIpc) is 2.63. The fraction of sp³-hybridized carbons (Fsp3) is 0.583. The summed E-state index contributed by atoms with van der Waals surface area (Å²) in [5.74, 6) is 0.649. The number of aliphatic carboxylic acids is 1. The Labute approximate surface area is 101 Å². The molecule has 1 N–H and O–H groups in total. The lowest BCUT2D eigenvalue weighted by Crippen LogP contribution is -2.53. The summed E-state index contributed by atoms with van der Waals surface area (Å²) in [7, 11) is 3.23. The highest BCUT2D eigenvalue weighted by Crippen LogP contribution is 2.18. The van der Waals surface area contributed by atoms with E-state index in [4.69, 9.17) is 9.15 Å². The quantitative estimate of drug-likeness (QED) is 0.818. The second kappa shape index (κ2) is 5.33. The molecule has 1 aromatic heterocycles. The number of likely N-dealkylation sites (N-methyl/N-ethyl adjacent to an activating group) is 1. The maximum atomic E-state index is 11.3. The van der Waals surface area contributed by atoms with Crippen molar-refractivity contribution in [2.24, 2.45) is 0 Å². The molecule has 0 fully saturated rings. The third-order valence-corrected chi connectivity index (χ3v) is 2.92. The van der Waals surface area contributed by atoms with Gasteiger partial charge in [-0.05, 0) is 33.0 Å². The Bertz CT molecular complexity index is 388. The van der Waals surface area contributed by atoms with Gasteiger partial charge < -0.3 is 14.3 Å². The number of methoxy groups -OCH3 is 1. The average molecular weight is 241 g/mol. The molecule has 0 aliphatic heterocycles. The van der Waals surface area contributed by atoms with Gasteiger partial charge in [0.2, 0.25) is 0 Å². The van der Waals surface area contributed by atoms with E-state index in [2.05, 4.69) is 0 Å². The lowest BCUT2D eigenvalue weighted by atomic mass is 10.0. The molecule has 5 nitrogen and oxygen atoms in total. The molecule has 1 rings (SSSR count). The molecule has 0 amide bonds. The SMILES string of the molecule is COCC(C)(C(=O)O)N(C)Cc1ccc(C)o1. The summed E-state index contributed by atoms with van der Waals surface area (Å²) in [5, 5.41) is 9.26. The Balaban J connectivity index is 2.78. The van der Waals surface area contributed by atoms with Crippen molar-refractivity contribution in [3.05, 3.63) is 23.7 Å². The molecule has 1 unspecified atom stereocenters. The first-order valence-electron chi connectivity index (χ1n) is 5.39. The molecule has 1 atom stereocenters. The van der Waals surface area contributed by atoms with E-state index >= 15 is 0 Å². The van der Waals surface area contributed by atoms with Crippen LogP contribution in [0.25, 0.3) is 0 Å². The Kier molecular flexibility index (Phi) is 4.31. The zero-order valence-electron chi connectivity index (χ0n) is 10.7. The summed E-state index contributed by atoms with van der Waals surface area (Å²) in [4.78, 5) is 13.0. The third-order valence-electron chi connectivity index (χ3n) is 2.92. The molecule has 0 bridgehead atoms. The van der Waals surface area contributed by atoms with Crippen LogP contribution in [0.15, 0.2) is 16.5 Å². The summed E-state index contributed by atoms with van der Waals surface area (Å²) < 4.78 is 10.4. The van der Waals surface area contributed by atoms with Crippen LogP contribution >= 0.6 is 0 Å². The molecule has 0 aliphatic rings. The molecule has 0 aromatic carbocycles. The van der Waals surface area contributed by atoms with Crippen LogP contribution in [0.1, 0.15) is 18.4 Å². The molecular formula is C12H19NO4. The number of ether oxygens (including phenoxy) is 1. The van der Waals surface area contributed by atoms with Crippen molar-refractivity contribution in [1.29, 1.82) is 0 Å². The van der Waals surface area contributed by atoms with Gasteiger partial charge in [0.25, 0.3) is 0 Å². The van der Waals surface area contributed by atoms with Gasteiger partial charge in [-0.3, -0.25) is 9.69 Å². The van der Waals surface area contributed by atoms with Crippen LogP contribution in [-0.4, -0.2) is 42.3 Å². The van der Waals surface area contributed by atoms with Gasteiger partial charge in [-0.2, -0.15) is 0 Å². The van der Waals surface area contributed by atoms with Gasteiger partial charge in [0.15, 0.2) is 0 Å². The van der Waals surface area contributed by atoms with E-state index in [1.54, 1.807) is 18.9 Å². The van der Waals surface area contributed by atoms with Gasteiger partial charge in [-0.25, -0.2) is 0 Å². The summed E-state index contributed by atoms with van der Waals surface area (Å²) in [6, 6.07) is 3.71. The van der Waals surface area contributed by atoms with E-state index in [-0.39, 0.29) is 6.61 Å². The lowest BCUT2D eigenvalue weighted by molar-refractivity contribution is -0.153. The molecule has 96 valence electrons. The minimum Gasteiger partial charge on any atom is -0.480 e. The third kappa shape index (κ3) is 3.08. The normalized spacial score (nSPS) is 14.9. The van der Waals surface area contributed by atoms with Crippen molar-refractivity contribution >= 4 is 5.97 Å². The van der Waals surface area contributed by atoms with Crippen LogP contribution in [0, 0.1) is 6.92 Å². The molecule has 0 saturated carbocycles. The summed E-state index contributed by atoms with van der Waals surface area (Å²) in [6.07, 6.45) is 0. The van der Waals surface area contributed by atoms with E-state index in [9.17, 15) is 9.90 Å². The number of carbonyl (C=O) groups is 1. The van der Waals surface area contributed by atoms with Crippen LogP contribution in [0.4, 0.5) is 0 Å². The molecule has 5 heteroatoms. The number of nitrogens with zero attached hydrogens (tertiary/aromatic N) is 1. The van der Waals surface area contributed by atoms with Gasteiger partial charge >= 0.3 is 5.97 Å². The predicted octanol–water partition coefficient (Wildman–Crippen LogP) is 1.51. The smallest absolute Gasteiger partial charge is 0.326 e. The molecule has 1 heterocycles. The highest BCUT2D eigenvalue weighted by molar-refractivity contribution is 5.78. The fourth-order valence-electron chi connectivity index (χ4n) is 1.59. The molecule has 1 aromatic rings. The zero-order valence-corrected chi connectivity index (χ0v) is 10.7. The van der Waals surface area contributed by atoms with Crippen molar-refractivity contribution in [2.45, 2.75) is 25.9 Å². The predicted molar refractivity (Wildman–Crippen MR) is 62.8 cm³/mol. The molecule has 0 radical (unpaired) electrons. The Morgan fingerprint density at radius 1 is 1.59 bits per heavy atom. The van der Waals surface area contributed by atoms with E-state index in [0.717, 1.165) is 11.5 Å². The number of hydrogen-bond donors (Lipinski definition) is 1. The molecule has 0 saturated heterocycles. The number of hydrogen-bond acceptors (Lipinski definition) is 4. The van der Waals surface area contributed by atoms with Crippen LogP contribution in [0.2, 0.25) is 0 Å². The summed E-state index contributed by atoms with van der Waals surface area (Å²) in [5.41, 5.74) is -1.06. The summed E-state index contributed by atoms with van der Waals surface area (Å²) >= 11 is 0. The second-order valence-electron chi connectivity index (χ2n) is 4.38. The van der Waals surface area contributed by atoms with E-state index in [1.165, 1.54) is 7.11 Å². The van der Waals surface area contributed by atoms with Crippen molar-refractivity contribution in [2.75, 3.05) is 20.8 Å². The van der Waals surface area contributed by atoms with Crippen molar-refractivity contribution < 1.29 is 19.1 Å².